The van der Waals surface area contributed by atoms with Crippen molar-refractivity contribution in [2.45, 2.75) is 57.2 Å². The first-order valence-electron chi connectivity index (χ1n) is 14.0. The smallest absolute Gasteiger partial charge is 0.254 e. The van der Waals surface area contributed by atoms with E-state index in [9.17, 15) is 9.90 Å². The highest BCUT2D eigenvalue weighted by Gasteiger charge is 2.30. The van der Waals surface area contributed by atoms with Crippen molar-refractivity contribution in [3.8, 4) is 0 Å². The first-order chi connectivity index (χ1) is 17.6. The molecule has 0 saturated carbocycles. The molecule has 2 saturated heterocycles. The number of likely N-dealkylation sites (tertiary alicyclic amines) is 1. The summed E-state index contributed by atoms with van der Waals surface area (Å²) in [7, 11) is 0. The van der Waals surface area contributed by atoms with Crippen LogP contribution in [0.2, 0.25) is 0 Å². The van der Waals surface area contributed by atoms with E-state index in [2.05, 4.69) is 51.1 Å². The second kappa shape index (κ2) is 10.5. The van der Waals surface area contributed by atoms with Gasteiger partial charge in [-0.1, -0.05) is 24.3 Å². The van der Waals surface area contributed by atoms with E-state index in [1.807, 2.05) is 11.0 Å². The fourth-order valence-corrected chi connectivity index (χ4v) is 6.81. The summed E-state index contributed by atoms with van der Waals surface area (Å²) in [6.07, 6.45) is 6.56. The zero-order valence-electron chi connectivity index (χ0n) is 21.4. The highest BCUT2D eigenvalue weighted by atomic mass is 16.3. The second-order valence-electron chi connectivity index (χ2n) is 11.2. The monoisotopic (exact) mass is 488 g/mol. The van der Waals surface area contributed by atoms with E-state index in [4.69, 9.17) is 0 Å². The number of rotatable bonds is 6. The lowest BCUT2D eigenvalue weighted by Crippen LogP contribution is -2.46. The van der Waals surface area contributed by atoms with Crippen LogP contribution in [0.1, 0.15) is 52.7 Å². The van der Waals surface area contributed by atoms with Crippen LogP contribution in [0.5, 0.6) is 0 Å². The minimum absolute atomic E-state index is 0.0681. The van der Waals surface area contributed by atoms with Crippen LogP contribution in [0.15, 0.2) is 42.5 Å². The summed E-state index contributed by atoms with van der Waals surface area (Å²) in [4.78, 5) is 22.6. The van der Waals surface area contributed by atoms with Gasteiger partial charge in [0, 0.05) is 63.1 Å². The van der Waals surface area contributed by atoms with Gasteiger partial charge in [-0.25, -0.2) is 0 Å². The van der Waals surface area contributed by atoms with E-state index in [-0.39, 0.29) is 5.91 Å². The van der Waals surface area contributed by atoms with Crippen LogP contribution in [0.4, 0.5) is 5.69 Å². The van der Waals surface area contributed by atoms with Crippen molar-refractivity contribution in [1.29, 1.82) is 0 Å². The topological polar surface area (TPSA) is 50.3 Å². The molecule has 2 aromatic carbocycles. The van der Waals surface area contributed by atoms with Crippen molar-refractivity contribution >= 4 is 11.6 Å². The third-order valence-corrected chi connectivity index (χ3v) is 8.85. The molecule has 0 aromatic heterocycles. The van der Waals surface area contributed by atoms with Crippen molar-refractivity contribution in [3.05, 3.63) is 64.7 Å². The SMILES string of the molecule is O=C1c2ccc(N3CCC(N4CCCC4)CC3)cc2CCN1CC(O)CN1CCc2ccccc2C1. The van der Waals surface area contributed by atoms with Gasteiger partial charge in [0.05, 0.1) is 6.10 Å². The largest absolute Gasteiger partial charge is 0.390 e. The van der Waals surface area contributed by atoms with Crippen molar-refractivity contribution < 1.29 is 9.90 Å². The summed E-state index contributed by atoms with van der Waals surface area (Å²) in [6.45, 7) is 8.31. The number of nitrogens with zero attached hydrogens (tertiary/aromatic N) is 4. The van der Waals surface area contributed by atoms with Gasteiger partial charge in [-0.15, -0.1) is 0 Å². The molecule has 36 heavy (non-hydrogen) atoms. The molecule has 4 aliphatic rings. The number of piperidine rings is 1. The van der Waals surface area contributed by atoms with Crippen LogP contribution in [0.3, 0.4) is 0 Å². The zero-order chi connectivity index (χ0) is 24.5. The van der Waals surface area contributed by atoms with Crippen molar-refractivity contribution in [2.75, 3.05) is 57.3 Å². The van der Waals surface area contributed by atoms with Crippen molar-refractivity contribution in [1.82, 2.24) is 14.7 Å². The number of anilines is 1. The van der Waals surface area contributed by atoms with Gasteiger partial charge in [0.1, 0.15) is 0 Å². The van der Waals surface area contributed by atoms with E-state index in [1.54, 1.807) is 0 Å². The number of aliphatic hydroxyl groups is 1. The molecular weight excluding hydrogens is 448 g/mol. The van der Waals surface area contributed by atoms with Gasteiger partial charge < -0.3 is 19.8 Å². The molecule has 1 N–H and O–H groups in total. The Kier molecular flexibility index (Phi) is 7.00. The molecule has 1 amide bonds. The van der Waals surface area contributed by atoms with Gasteiger partial charge >= 0.3 is 0 Å². The molecule has 0 spiro atoms. The molecule has 0 aliphatic carbocycles. The Balaban J connectivity index is 1.03. The van der Waals surface area contributed by atoms with E-state index in [0.29, 0.717) is 19.6 Å². The molecule has 1 atom stereocenters. The molecule has 0 radical (unpaired) electrons. The molecule has 0 bridgehead atoms. The fourth-order valence-electron chi connectivity index (χ4n) is 6.81. The number of benzene rings is 2. The third-order valence-electron chi connectivity index (χ3n) is 8.85. The van der Waals surface area contributed by atoms with Crippen molar-refractivity contribution in [3.63, 3.8) is 0 Å². The van der Waals surface area contributed by atoms with Gasteiger partial charge in [-0.2, -0.15) is 0 Å². The van der Waals surface area contributed by atoms with E-state index in [0.717, 1.165) is 56.2 Å². The first-order valence-corrected chi connectivity index (χ1v) is 14.0. The standard InChI is InChI=1S/C30H40N4O2/c35-28(21-31-15-9-23-5-1-2-6-25(23)20-31)22-34-16-10-24-19-27(7-8-29(24)30(34)36)33-17-11-26(12-18-33)32-13-3-4-14-32/h1-2,5-8,19,26,28,35H,3-4,9-18,20-22H2. The molecule has 6 nitrogen and oxygen atoms in total. The lowest BCUT2D eigenvalue weighted by Gasteiger charge is -2.38. The number of aliphatic hydroxyl groups excluding tert-OH is 1. The van der Waals surface area contributed by atoms with E-state index in [1.165, 1.54) is 55.6 Å². The van der Waals surface area contributed by atoms with Crippen LogP contribution in [-0.4, -0.2) is 90.2 Å². The number of carbonyl (C=O) groups is 1. The number of β-amino-alcohol motifs (C(OH)–C–C–N with tert-alkyl or cyclic N) is 1. The maximum Gasteiger partial charge on any atom is 0.254 e. The molecule has 4 aliphatic heterocycles. The lowest BCUT2D eigenvalue weighted by molar-refractivity contribution is 0.0493. The Labute approximate surface area is 215 Å². The zero-order valence-corrected chi connectivity index (χ0v) is 21.4. The predicted octanol–water partition coefficient (Wildman–Crippen LogP) is 3.17. The number of hydrogen-bond acceptors (Lipinski definition) is 5. The maximum absolute atomic E-state index is 13.3. The van der Waals surface area contributed by atoms with Gasteiger partial charge in [-0.05, 0) is 86.5 Å². The first kappa shape index (κ1) is 24.0. The molecule has 1 unspecified atom stereocenters. The minimum atomic E-state index is -0.531. The summed E-state index contributed by atoms with van der Waals surface area (Å²) < 4.78 is 0. The fraction of sp³-hybridized carbons (Fsp3) is 0.567. The van der Waals surface area contributed by atoms with Gasteiger partial charge in [-0.3, -0.25) is 9.69 Å². The summed E-state index contributed by atoms with van der Waals surface area (Å²) >= 11 is 0. The summed E-state index contributed by atoms with van der Waals surface area (Å²) in [5.41, 5.74) is 6.02. The normalized spacial score (nSPS) is 22.5. The number of amides is 1. The highest BCUT2D eigenvalue weighted by molar-refractivity contribution is 5.97. The van der Waals surface area contributed by atoms with Crippen LogP contribution in [-0.2, 0) is 19.4 Å². The Morgan fingerprint density at radius 1 is 0.833 bits per heavy atom. The van der Waals surface area contributed by atoms with E-state index < -0.39 is 6.10 Å². The molecule has 6 rings (SSSR count). The Morgan fingerprint density at radius 3 is 2.39 bits per heavy atom. The van der Waals surface area contributed by atoms with Crippen LogP contribution in [0, 0.1) is 0 Å². The van der Waals surface area contributed by atoms with Gasteiger partial charge in [0.15, 0.2) is 0 Å². The molecule has 6 heteroatoms. The summed E-state index contributed by atoms with van der Waals surface area (Å²) in [5.74, 6) is 0.0681. The van der Waals surface area contributed by atoms with Gasteiger partial charge in [0.25, 0.3) is 5.91 Å². The Hall–Kier alpha value is -2.41. The minimum Gasteiger partial charge on any atom is -0.390 e. The van der Waals surface area contributed by atoms with E-state index >= 15 is 0 Å². The molecule has 2 fully saturated rings. The average molecular weight is 489 g/mol. The Bertz CT molecular complexity index is 1070. The molecule has 2 aromatic rings. The maximum atomic E-state index is 13.3. The van der Waals surface area contributed by atoms with Crippen LogP contribution in [0.25, 0.3) is 0 Å². The van der Waals surface area contributed by atoms with Gasteiger partial charge in [0.2, 0.25) is 0 Å². The molecule has 192 valence electrons. The number of carbonyl (C=O) groups excluding carboxylic acids is 1. The highest BCUT2D eigenvalue weighted by Crippen LogP contribution is 2.29. The predicted molar refractivity (Wildman–Crippen MR) is 144 cm³/mol. The summed E-state index contributed by atoms with van der Waals surface area (Å²) in [6, 6.07) is 15.7. The second-order valence-corrected chi connectivity index (χ2v) is 11.2. The van der Waals surface area contributed by atoms with Crippen LogP contribution >= 0.6 is 0 Å². The quantitative estimate of drug-likeness (QED) is 0.677. The molecular formula is C30H40N4O2. The number of hydrogen-bond donors (Lipinski definition) is 1. The third kappa shape index (κ3) is 5.04. The lowest BCUT2D eigenvalue weighted by atomic mass is 9.96. The number of fused-ring (bicyclic) bond motifs is 2. The average Bonchev–Trinajstić information content (AvgIpc) is 3.45. The summed E-state index contributed by atoms with van der Waals surface area (Å²) in [5, 5.41) is 10.8. The Morgan fingerprint density at radius 2 is 1.58 bits per heavy atom. The van der Waals surface area contributed by atoms with Crippen LogP contribution < -0.4 is 4.90 Å². The molecule has 4 heterocycles. The van der Waals surface area contributed by atoms with Crippen molar-refractivity contribution in [2.24, 2.45) is 0 Å².